The molecule has 4 fully saturated rings. The topological polar surface area (TPSA) is 126 Å². The number of carbonyl (C=O) groups excluding carboxylic acids is 4. The fourth-order valence-corrected chi connectivity index (χ4v) is 6.34. The number of fused-ring (bicyclic) bond motifs is 1. The van der Waals surface area contributed by atoms with Crippen LogP contribution < -0.4 is 16.0 Å². The van der Waals surface area contributed by atoms with Crippen LogP contribution in [0.4, 0.5) is 4.79 Å². The minimum absolute atomic E-state index is 0.283. The molecular weight excluding hydrogens is 488 g/mol. The van der Waals surface area contributed by atoms with Crippen molar-refractivity contribution in [3.63, 3.8) is 0 Å². The van der Waals surface area contributed by atoms with Gasteiger partial charge in [-0.2, -0.15) is 0 Å². The molecule has 4 atom stereocenters. The Kier molecular flexibility index (Phi) is 9.68. The van der Waals surface area contributed by atoms with E-state index in [4.69, 9.17) is 9.47 Å². The first-order chi connectivity index (χ1) is 18.3. The first kappa shape index (κ1) is 28.8. The number of rotatable bonds is 10. The number of urea groups is 1. The van der Waals surface area contributed by atoms with Crippen LogP contribution >= 0.6 is 0 Å². The molecule has 2 aliphatic heterocycles. The van der Waals surface area contributed by atoms with Crippen molar-refractivity contribution in [3.05, 3.63) is 0 Å². The molecule has 0 aromatic carbocycles. The molecule has 2 unspecified atom stereocenters. The van der Waals surface area contributed by atoms with Gasteiger partial charge in [0, 0.05) is 26.2 Å². The smallest absolute Gasteiger partial charge is 0.318 e. The predicted octanol–water partition coefficient (Wildman–Crippen LogP) is 2.30. The standard InChI is InChI=1S/C28H46N4O6/c1-3-4-10-22(23(33)24(34)29-19-27(2)21-18-20(21)9-8-15-38-27)30-25(35)28(11-6-5-7-12-28)31-26(36)32-13-16-37-17-14-32/h20-22H,3-19H2,1-2H3,(H,29,34)(H,30,35)(H,31,36)/t20-,21?,22+,27?/m1/s1. The van der Waals surface area contributed by atoms with Gasteiger partial charge in [-0.3, -0.25) is 14.4 Å². The molecule has 10 nitrogen and oxygen atoms in total. The second kappa shape index (κ2) is 12.8. The Morgan fingerprint density at radius 3 is 2.47 bits per heavy atom. The molecule has 4 amide bonds. The lowest BCUT2D eigenvalue weighted by Crippen LogP contribution is -2.64. The van der Waals surface area contributed by atoms with Crippen LogP contribution in [-0.2, 0) is 23.9 Å². The highest BCUT2D eigenvalue weighted by molar-refractivity contribution is 6.38. The van der Waals surface area contributed by atoms with Crippen LogP contribution in [0.25, 0.3) is 0 Å². The number of nitrogens with zero attached hydrogens (tertiary/aromatic N) is 1. The van der Waals surface area contributed by atoms with Crippen molar-refractivity contribution < 1.29 is 28.7 Å². The third-order valence-electron chi connectivity index (χ3n) is 8.94. The number of nitrogens with one attached hydrogen (secondary N) is 3. The summed E-state index contributed by atoms with van der Waals surface area (Å²) in [6.07, 6.45) is 8.82. The summed E-state index contributed by atoms with van der Waals surface area (Å²) >= 11 is 0. The number of ketones is 1. The summed E-state index contributed by atoms with van der Waals surface area (Å²) in [5.74, 6) is -0.640. The van der Waals surface area contributed by atoms with Gasteiger partial charge in [0.2, 0.25) is 11.7 Å². The maximum absolute atomic E-state index is 13.7. The molecule has 0 radical (unpaired) electrons. The van der Waals surface area contributed by atoms with Crippen molar-refractivity contribution in [1.82, 2.24) is 20.9 Å². The van der Waals surface area contributed by atoms with E-state index in [-0.39, 0.29) is 18.5 Å². The Bertz CT molecular complexity index is 869. The average molecular weight is 535 g/mol. The Balaban J connectivity index is 1.40. The molecule has 0 aromatic heterocycles. The number of Topliss-reactive ketones (excluding diaryl/α,β-unsaturated/α-hetero) is 1. The highest BCUT2D eigenvalue weighted by atomic mass is 16.5. The van der Waals surface area contributed by atoms with Crippen molar-refractivity contribution in [3.8, 4) is 0 Å². The SMILES string of the molecule is CCCC[C@H](NC(=O)C1(NC(=O)N2CCOCC2)CCCCC1)C(=O)C(=O)NCC1(C)OCCC[C@@H]2CC21. The number of amides is 4. The molecule has 0 spiro atoms. The molecule has 3 N–H and O–H groups in total. The number of hydrogen-bond donors (Lipinski definition) is 3. The minimum Gasteiger partial charge on any atom is -0.378 e. The van der Waals surface area contributed by atoms with Crippen LogP contribution in [0, 0.1) is 11.8 Å². The molecule has 0 aromatic rings. The molecular formula is C28H46N4O6. The second-order valence-electron chi connectivity index (χ2n) is 11.8. The van der Waals surface area contributed by atoms with Crippen LogP contribution in [0.2, 0.25) is 0 Å². The maximum atomic E-state index is 13.7. The predicted molar refractivity (Wildman–Crippen MR) is 141 cm³/mol. The summed E-state index contributed by atoms with van der Waals surface area (Å²) in [4.78, 5) is 54.7. The van der Waals surface area contributed by atoms with Crippen LogP contribution in [-0.4, -0.2) is 85.2 Å². The van der Waals surface area contributed by atoms with Gasteiger partial charge in [-0.15, -0.1) is 0 Å². The zero-order chi connectivity index (χ0) is 27.2. The van der Waals surface area contributed by atoms with Gasteiger partial charge >= 0.3 is 6.03 Å². The number of hydrogen-bond acceptors (Lipinski definition) is 6. The van der Waals surface area contributed by atoms with Gasteiger partial charge in [-0.25, -0.2) is 4.79 Å². The Morgan fingerprint density at radius 2 is 1.76 bits per heavy atom. The Labute approximate surface area is 226 Å². The quantitative estimate of drug-likeness (QED) is 0.369. The van der Waals surface area contributed by atoms with Gasteiger partial charge in [0.25, 0.3) is 5.91 Å². The van der Waals surface area contributed by atoms with E-state index >= 15 is 0 Å². The molecule has 2 heterocycles. The van der Waals surface area contributed by atoms with Crippen molar-refractivity contribution >= 4 is 23.6 Å². The van der Waals surface area contributed by atoms with Crippen molar-refractivity contribution in [1.29, 1.82) is 0 Å². The van der Waals surface area contributed by atoms with Crippen LogP contribution in [0.15, 0.2) is 0 Å². The maximum Gasteiger partial charge on any atom is 0.318 e. The van der Waals surface area contributed by atoms with E-state index in [1.807, 2.05) is 13.8 Å². The summed E-state index contributed by atoms with van der Waals surface area (Å²) in [7, 11) is 0. The number of carbonyl (C=O) groups is 4. The number of morpholine rings is 1. The molecule has 38 heavy (non-hydrogen) atoms. The third kappa shape index (κ3) is 6.86. The zero-order valence-corrected chi connectivity index (χ0v) is 23.1. The molecule has 4 rings (SSSR count). The largest absolute Gasteiger partial charge is 0.378 e. The van der Waals surface area contributed by atoms with Gasteiger partial charge in [-0.05, 0) is 57.3 Å². The zero-order valence-electron chi connectivity index (χ0n) is 23.1. The summed E-state index contributed by atoms with van der Waals surface area (Å²) in [5, 5.41) is 8.72. The molecule has 4 aliphatic rings. The first-order valence-corrected chi connectivity index (χ1v) is 14.7. The molecule has 2 saturated heterocycles. The summed E-state index contributed by atoms with van der Waals surface area (Å²) in [6.45, 7) is 6.88. The van der Waals surface area contributed by atoms with Crippen molar-refractivity contribution in [2.75, 3.05) is 39.5 Å². The molecule has 2 aliphatic carbocycles. The fraction of sp³-hybridized carbons (Fsp3) is 0.857. The van der Waals surface area contributed by atoms with Crippen LogP contribution in [0.1, 0.15) is 84.5 Å². The van der Waals surface area contributed by atoms with E-state index in [2.05, 4.69) is 16.0 Å². The minimum atomic E-state index is -1.09. The highest BCUT2D eigenvalue weighted by Crippen LogP contribution is 2.52. The van der Waals surface area contributed by atoms with Gasteiger partial charge in [0.1, 0.15) is 5.54 Å². The van der Waals surface area contributed by atoms with E-state index in [1.54, 1.807) is 4.90 Å². The molecule has 2 saturated carbocycles. The number of unbranched alkanes of at least 4 members (excludes halogenated alkanes) is 1. The van der Waals surface area contributed by atoms with Crippen molar-refractivity contribution in [2.24, 2.45) is 11.8 Å². The first-order valence-electron chi connectivity index (χ1n) is 14.7. The van der Waals surface area contributed by atoms with Gasteiger partial charge < -0.3 is 30.3 Å². The summed E-state index contributed by atoms with van der Waals surface area (Å²) in [6, 6.07) is -1.22. The second-order valence-corrected chi connectivity index (χ2v) is 11.8. The molecule has 214 valence electrons. The number of ether oxygens (including phenoxy) is 2. The average Bonchev–Trinajstić information content (AvgIpc) is 3.74. The van der Waals surface area contributed by atoms with E-state index in [9.17, 15) is 19.2 Å². The van der Waals surface area contributed by atoms with Crippen molar-refractivity contribution in [2.45, 2.75) is 102 Å². The monoisotopic (exact) mass is 534 g/mol. The normalized spacial score (nSPS) is 29.3. The van der Waals surface area contributed by atoms with Gasteiger partial charge in [-0.1, -0.05) is 39.0 Å². The fourth-order valence-electron chi connectivity index (χ4n) is 6.34. The lowest BCUT2D eigenvalue weighted by Gasteiger charge is -2.39. The van der Waals surface area contributed by atoms with Gasteiger partial charge in [0.05, 0.1) is 24.9 Å². The van der Waals surface area contributed by atoms with Crippen LogP contribution in [0.5, 0.6) is 0 Å². The highest BCUT2D eigenvalue weighted by Gasteiger charge is 2.52. The lowest BCUT2D eigenvalue weighted by atomic mass is 9.80. The molecule has 10 heteroatoms. The van der Waals surface area contributed by atoms with E-state index in [0.29, 0.717) is 70.4 Å². The van der Waals surface area contributed by atoms with E-state index in [1.165, 1.54) is 0 Å². The Morgan fingerprint density at radius 1 is 1.03 bits per heavy atom. The van der Waals surface area contributed by atoms with E-state index < -0.39 is 28.9 Å². The molecule has 0 bridgehead atoms. The summed E-state index contributed by atoms with van der Waals surface area (Å²) < 4.78 is 11.4. The van der Waals surface area contributed by atoms with Gasteiger partial charge in [0.15, 0.2) is 0 Å². The third-order valence-corrected chi connectivity index (χ3v) is 8.94. The van der Waals surface area contributed by atoms with Crippen LogP contribution in [0.3, 0.4) is 0 Å². The Hall–Kier alpha value is -2.20. The lowest BCUT2D eigenvalue weighted by molar-refractivity contribution is -0.142. The summed E-state index contributed by atoms with van der Waals surface area (Å²) in [5.41, 5.74) is -1.55. The van der Waals surface area contributed by atoms with E-state index in [0.717, 1.165) is 44.9 Å².